The highest BCUT2D eigenvalue weighted by Crippen LogP contribution is 2.26. The standard InChI is InChI=1S/C31H37BrN2O3/c1-21(2)18-33-31(36)28(17-25-9-7-6-8-10-25)34(19-26-13-11-22(3)12-14-26)29(35)20-37-27-15-23(4)30(32)24(5)16-27/h6-16,21,28H,17-20H2,1-5H3,(H,33,36). The van der Waals surface area contributed by atoms with Crippen LogP contribution >= 0.6 is 15.9 Å². The first-order chi connectivity index (χ1) is 17.6. The molecule has 1 atom stereocenters. The fourth-order valence-corrected chi connectivity index (χ4v) is 4.31. The lowest BCUT2D eigenvalue weighted by Crippen LogP contribution is -2.52. The fraction of sp³-hybridized carbons (Fsp3) is 0.355. The third-order valence-electron chi connectivity index (χ3n) is 6.20. The van der Waals surface area contributed by atoms with Gasteiger partial charge in [0, 0.05) is 24.0 Å². The predicted octanol–water partition coefficient (Wildman–Crippen LogP) is 6.17. The van der Waals surface area contributed by atoms with E-state index in [9.17, 15) is 9.59 Å². The molecule has 0 aromatic heterocycles. The molecular weight excluding hydrogens is 528 g/mol. The van der Waals surface area contributed by atoms with E-state index in [4.69, 9.17) is 4.74 Å². The summed E-state index contributed by atoms with van der Waals surface area (Å²) in [7, 11) is 0. The van der Waals surface area contributed by atoms with E-state index in [1.165, 1.54) is 0 Å². The van der Waals surface area contributed by atoms with Crippen molar-refractivity contribution in [3.8, 4) is 5.75 Å². The van der Waals surface area contributed by atoms with E-state index in [1.807, 2.05) is 87.5 Å². The Morgan fingerprint density at radius 1 is 0.919 bits per heavy atom. The smallest absolute Gasteiger partial charge is 0.261 e. The molecule has 0 aliphatic rings. The molecule has 0 saturated carbocycles. The SMILES string of the molecule is Cc1ccc(CN(C(=O)COc2cc(C)c(Br)c(C)c2)C(Cc2ccccc2)C(=O)NCC(C)C)cc1. The molecule has 0 heterocycles. The van der Waals surface area contributed by atoms with Crippen molar-refractivity contribution in [3.05, 3.63) is 99.0 Å². The monoisotopic (exact) mass is 564 g/mol. The van der Waals surface area contributed by atoms with Crippen molar-refractivity contribution in [3.63, 3.8) is 0 Å². The van der Waals surface area contributed by atoms with E-state index in [1.54, 1.807) is 4.90 Å². The van der Waals surface area contributed by atoms with Crippen LogP contribution < -0.4 is 10.1 Å². The Labute approximate surface area is 229 Å². The zero-order valence-corrected chi connectivity index (χ0v) is 24.0. The summed E-state index contributed by atoms with van der Waals surface area (Å²) in [4.78, 5) is 28.9. The number of nitrogens with zero attached hydrogens (tertiary/aromatic N) is 1. The third kappa shape index (κ3) is 8.46. The molecule has 37 heavy (non-hydrogen) atoms. The lowest BCUT2D eigenvalue weighted by molar-refractivity contribution is -0.142. The second kappa shape index (κ2) is 13.4. The van der Waals surface area contributed by atoms with Crippen LogP contribution in [0.1, 0.15) is 41.7 Å². The summed E-state index contributed by atoms with van der Waals surface area (Å²) >= 11 is 3.57. The molecule has 0 saturated heterocycles. The first kappa shape index (κ1) is 28.5. The quantitative estimate of drug-likeness (QED) is 0.303. The molecule has 0 spiro atoms. The molecule has 0 radical (unpaired) electrons. The van der Waals surface area contributed by atoms with Gasteiger partial charge >= 0.3 is 0 Å². The van der Waals surface area contributed by atoms with E-state index in [0.29, 0.717) is 31.2 Å². The van der Waals surface area contributed by atoms with Gasteiger partial charge in [0.2, 0.25) is 5.91 Å². The highest BCUT2D eigenvalue weighted by molar-refractivity contribution is 9.10. The van der Waals surface area contributed by atoms with Crippen LogP contribution in [0.2, 0.25) is 0 Å². The molecule has 3 aromatic carbocycles. The zero-order chi connectivity index (χ0) is 26.9. The summed E-state index contributed by atoms with van der Waals surface area (Å²) in [5.74, 6) is 0.535. The van der Waals surface area contributed by atoms with Gasteiger partial charge in [0.15, 0.2) is 6.61 Å². The minimum Gasteiger partial charge on any atom is -0.484 e. The molecule has 6 heteroatoms. The molecular formula is C31H37BrN2O3. The number of rotatable bonds is 11. The number of benzene rings is 3. The van der Waals surface area contributed by atoms with Crippen molar-refractivity contribution >= 4 is 27.7 Å². The van der Waals surface area contributed by atoms with Crippen LogP contribution in [0.5, 0.6) is 5.75 Å². The van der Waals surface area contributed by atoms with Crippen molar-refractivity contribution in [2.75, 3.05) is 13.2 Å². The van der Waals surface area contributed by atoms with Crippen LogP contribution in [0.25, 0.3) is 0 Å². The summed E-state index contributed by atoms with van der Waals surface area (Å²) in [6, 6.07) is 21.0. The van der Waals surface area contributed by atoms with Gasteiger partial charge in [-0.25, -0.2) is 0 Å². The van der Waals surface area contributed by atoms with Crippen LogP contribution in [-0.2, 0) is 22.6 Å². The van der Waals surface area contributed by atoms with Crippen molar-refractivity contribution in [2.24, 2.45) is 5.92 Å². The minimum atomic E-state index is -0.674. The maximum absolute atomic E-state index is 13.7. The molecule has 0 aliphatic carbocycles. The molecule has 0 aliphatic heterocycles. The Balaban J connectivity index is 1.91. The number of nitrogens with one attached hydrogen (secondary N) is 1. The van der Waals surface area contributed by atoms with Crippen molar-refractivity contribution in [1.82, 2.24) is 10.2 Å². The lowest BCUT2D eigenvalue weighted by atomic mass is 10.0. The van der Waals surface area contributed by atoms with Gasteiger partial charge in [0.05, 0.1) is 0 Å². The van der Waals surface area contributed by atoms with Gasteiger partial charge in [-0.05, 0) is 61.1 Å². The average Bonchev–Trinajstić information content (AvgIpc) is 2.88. The number of carbonyl (C=O) groups excluding carboxylic acids is 2. The van der Waals surface area contributed by atoms with E-state index in [0.717, 1.165) is 32.3 Å². The molecule has 196 valence electrons. The highest BCUT2D eigenvalue weighted by atomic mass is 79.9. The number of carbonyl (C=O) groups is 2. The van der Waals surface area contributed by atoms with Gasteiger partial charge in [0.25, 0.3) is 5.91 Å². The van der Waals surface area contributed by atoms with Crippen LogP contribution in [0.4, 0.5) is 0 Å². The van der Waals surface area contributed by atoms with Crippen LogP contribution in [0, 0.1) is 26.7 Å². The van der Waals surface area contributed by atoms with E-state index >= 15 is 0 Å². The van der Waals surface area contributed by atoms with Crippen molar-refractivity contribution in [2.45, 2.75) is 53.6 Å². The largest absolute Gasteiger partial charge is 0.484 e. The molecule has 3 rings (SSSR count). The number of hydrogen-bond donors (Lipinski definition) is 1. The average molecular weight is 566 g/mol. The molecule has 0 bridgehead atoms. The van der Waals surface area contributed by atoms with Gasteiger partial charge in [-0.1, -0.05) is 89.9 Å². The van der Waals surface area contributed by atoms with Gasteiger partial charge in [-0.3, -0.25) is 9.59 Å². The minimum absolute atomic E-state index is 0.158. The van der Waals surface area contributed by atoms with Crippen LogP contribution in [0.3, 0.4) is 0 Å². The fourth-order valence-electron chi connectivity index (χ4n) is 4.08. The molecule has 1 N–H and O–H groups in total. The number of aryl methyl sites for hydroxylation is 3. The maximum Gasteiger partial charge on any atom is 0.261 e. The van der Waals surface area contributed by atoms with Crippen molar-refractivity contribution in [1.29, 1.82) is 0 Å². The van der Waals surface area contributed by atoms with Gasteiger partial charge in [0.1, 0.15) is 11.8 Å². The Morgan fingerprint density at radius 3 is 2.14 bits per heavy atom. The number of hydrogen-bond acceptors (Lipinski definition) is 3. The molecule has 3 aromatic rings. The number of amides is 2. The maximum atomic E-state index is 13.7. The van der Waals surface area contributed by atoms with Crippen LogP contribution in [0.15, 0.2) is 71.2 Å². The van der Waals surface area contributed by atoms with E-state index in [-0.39, 0.29) is 18.4 Å². The highest BCUT2D eigenvalue weighted by Gasteiger charge is 2.30. The lowest BCUT2D eigenvalue weighted by Gasteiger charge is -2.31. The Morgan fingerprint density at radius 2 is 1.54 bits per heavy atom. The normalized spacial score (nSPS) is 11.8. The number of ether oxygens (including phenoxy) is 1. The molecule has 5 nitrogen and oxygen atoms in total. The Hall–Kier alpha value is -3.12. The van der Waals surface area contributed by atoms with Crippen molar-refractivity contribution < 1.29 is 14.3 Å². The predicted molar refractivity (Wildman–Crippen MR) is 153 cm³/mol. The zero-order valence-electron chi connectivity index (χ0n) is 22.4. The summed E-state index contributed by atoms with van der Waals surface area (Å²) < 4.78 is 6.98. The summed E-state index contributed by atoms with van der Waals surface area (Å²) in [6.07, 6.45) is 0.416. The van der Waals surface area contributed by atoms with Gasteiger partial charge < -0.3 is 15.0 Å². The third-order valence-corrected chi connectivity index (χ3v) is 7.45. The summed E-state index contributed by atoms with van der Waals surface area (Å²) in [6.45, 7) is 10.8. The summed E-state index contributed by atoms with van der Waals surface area (Å²) in [5.41, 5.74) is 5.17. The first-order valence-corrected chi connectivity index (χ1v) is 13.5. The first-order valence-electron chi connectivity index (χ1n) is 12.7. The second-order valence-corrected chi connectivity index (χ2v) is 10.8. The second-order valence-electron chi connectivity index (χ2n) is 10.0. The van der Waals surface area contributed by atoms with E-state index < -0.39 is 6.04 Å². The van der Waals surface area contributed by atoms with E-state index in [2.05, 4.69) is 35.1 Å². The van der Waals surface area contributed by atoms with Crippen LogP contribution in [-0.4, -0.2) is 35.9 Å². The topological polar surface area (TPSA) is 58.6 Å². The molecule has 2 amide bonds. The summed E-state index contributed by atoms with van der Waals surface area (Å²) in [5, 5.41) is 3.05. The Bertz CT molecular complexity index is 1170. The molecule has 0 fully saturated rings. The number of halogens is 1. The Kier molecular flexibility index (Phi) is 10.3. The van der Waals surface area contributed by atoms with Gasteiger partial charge in [-0.15, -0.1) is 0 Å². The molecule has 1 unspecified atom stereocenters. The van der Waals surface area contributed by atoms with Gasteiger partial charge in [-0.2, -0.15) is 0 Å².